The van der Waals surface area contributed by atoms with Gasteiger partial charge in [-0.2, -0.15) is 0 Å². The number of carbonyl (C=O) groups excluding carboxylic acids is 3. The van der Waals surface area contributed by atoms with Gasteiger partial charge in [0.2, 0.25) is 0 Å². The summed E-state index contributed by atoms with van der Waals surface area (Å²) in [5.74, 6) is -0.373. The zero-order chi connectivity index (χ0) is 26.6. The number of hydrogen-bond donors (Lipinski definition) is 0. The molecule has 2 aliphatic heterocycles. The predicted octanol–water partition coefficient (Wildman–Crippen LogP) is 6.10. The highest BCUT2D eigenvalue weighted by Gasteiger charge is 2.35. The van der Waals surface area contributed by atoms with Gasteiger partial charge in [-0.25, -0.2) is 0 Å². The molecule has 5 rings (SSSR count). The van der Waals surface area contributed by atoms with Crippen LogP contribution in [0.15, 0.2) is 83.8 Å². The number of piperazine rings is 1. The molecule has 0 radical (unpaired) electrons. The molecule has 3 amide bonds. The van der Waals surface area contributed by atoms with Gasteiger partial charge in [-0.15, -0.1) is 0 Å². The first kappa shape index (κ1) is 26.2. The maximum absolute atomic E-state index is 13.3. The summed E-state index contributed by atoms with van der Waals surface area (Å²) in [5, 5.41) is 0.231. The van der Waals surface area contributed by atoms with Crippen molar-refractivity contribution in [3.8, 4) is 0 Å². The van der Waals surface area contributed by atoms with Crippen LogP contribution in [0.5, 0.6) is 0 Å². The molecular formula is C30H28ClN3O3S. The zero-order valence-corrected chi connectivity index (χ0v) is 22.6. The lowest BCUT2D eigenvalue weighted by Crippen LogP contribution is -2.49. The van der Waals surface area contributed by atoms with E-state index >= 15 is 0 Å². The van der Waals surface area contributed by atoms with Gasteiger partial charge >= 0.3 is 0 Å². The van der Waals surface area contributed by atoms with E-state index in [1.165, 1.54) is 10.5 Å². The molecule has 0 N–H and O–H groups in total. The highest BCUT2D eigenvalue weighted by atomic mass is 35.5. The summed E-state index contributed by atoms with van der Waals surface area (Å²) in [4.78, 5) is 44.6. The average Bonchev–Trinajstić information content (AvgIpc) is 3.20. The van der Waals surface area contributed by atoms with Gasteiger partial charge in [0.25, 0.3) is 17.1 Å². The highest BCUT2D eigenvalue weighted by molar-refractivity contribution is 8.18. The van der Waals surface area contributed by atoms with Gasteiger partial charge in [0.1, 0.15) is 0 Å². The third-order valence-corrected chi connectivity index (χ3v) is 8.11. The number of rotatable bonds is 6. The second kappa shape index (κ2) is 11.6. The SMILES string of the molecule is CC(c1ccccc1)N1CCN(C(=O)c2cccc(C=C3SC(=O)N(Cc4cccc(Cl)c4)C3=O)c2)CC1. The first-order valence-electron chi connectivity index (χ1n) is 12.6. The molecule has 2 heterocycles. The van der Waals surface area contributed by atoms with Gasteiger partial charge in [-0.1, -0.05) is 66.2 Å². The van der Waals surface area contributed by atoms with Crippen molar-refractivity contribution in [1.29, 1.82) is 0 Å². The molecule has 2 aliphatic rings. The zero-order valence-electron chi connectivity index (χ0n) is 21.0. The summed E-state index contributed by atoms with van der Waals surface area (Å²) in [5.41, 5.74) is 3.34. The van der Waals surface area contributed by atoms with Gasteiger partial charge < -0.3 is 4.90 Å². The highest BCUT2D eigenvalue weighted by Crippen LogP contribution is 2.33. The Morgan fingerprint density at radius 1 is 0.947 bits per heavy atom. The second-order valence-electron chi connectivity index (χ2n) is 9.44. The summed E-state index contributed by atoms with van der Waals surface area (Å²) in [6.07, 6.45) is 1.68. The molecule has 2 fully saturated rings. The number of hydrogen-bond acceptors (Lipinski definition) is 5. The number of benzene rings is 3. The van der Waals surface area contributed by atoms with E-state index in [2.05, 4.69) is 36.1 Å². The van der Waals surface area contributed by atoms with E-state index in [9.17, 15) is 14.4 Å². The molecule has 1 atom stereocenters. The van der Waals surface area contributed by atoms with Crippen molar-refractivity contribution in [3.05, 3.63) is 111 Å². The maximum atomic E-state index is 13.3. The summed E-state index contributed by atoms with van der Waals surface area (Å²) in [6, 6.07) is 25.0. The average molecular weight is 546 g/mol. The van der Waals surface area contributed by atoms with Crippen molar-refractivity contribution >= 4 is 46.5 Å². The van der Waals surface area contributed by atoms with E-state index in [4.69, 9.17) is 11.6 Å². The summed E-state index contributed by atoms with van der Waals surface area (Å²) in [7, 11) is 0. The molecular weight excluding hydrogens is 518 g/mol. The van der Waals surface area contributed by atoms with Gasteiger partial charge in [0.15, 0.2) is 0 Å². The molecule has 1 unspecified atom stereocenters. The minimum atomic E-state index is -0.347. The number of halogens is 1. The van der Waals surface area contributed by atoms with Crippen LogP contribution in [0.1, 0.15) is 40.0 Å². The topological polar surface area (TPSA) is 60.9 Å². The normalized spacial score (nSPS) is 18.3. The molecule has 194 valence electrons. The Balaban J connectivity index is 1.23. The summed E-state index contributed by atoms with van der Waals surface area (Å²) >= 11 is 6.95. The largest absolute Gasteiger partial charge is 0.336 e. The van der Waals surface area contributed by atoms with Crippen molar-refractivity contribution in [3.63, 3.8) is 0 Å². The van der Waals surface area contributed by atoms with Gasteiger partial charge in [0, 0.05) is 42.8 Å². The fourth-order valence-electron chi connectivity index (χ4n) is 4.80. The van der Waals surface area contributed by atoms with Crippen molar-refractivity contribution in [2.24, 2.45) is 0 Å². The minimum Gasteiger partial charge on any atom is -0.336 e. The number of thioether (sulfide) groups is 1. The van der Waals surface area contributed by atoms with Crippen molar-refractivity contribution in [1.82, 2.24) is 14.7 Å². The Bertz CT molecular complexity index is 1390. The number of carbonyl (C=O) groups is 3. The fraction of sp³-hybridized carbons (Fsp3) is 0.233. The maximum Gasteiger partial charge on any atom is 0.293 e. The van der Waals surface area contributed by atoms with Gasteiger partial charge in [0.05, 0.1) is 11.4 Å². The molecule has 3 aromatic carbocycles. The predicted molar refractivity (Wildman–Crippen MR) is 152 cm³/mol. The van der Waals surface area contributed by atoms with Crippen molar-refractivity contribution in [2.75, 3.05) is 26.2 Å². The van der Waals surface area contributed by atoms with Crippen LogP contribution in [-0.4, -0.2) is 57.9 Å². The summed E-state index contributed by atoms with van der Waals surface area (Å²) < 4.78 is 0. The van der Waals surface area contributed by atoms with Gasteiger partial charge in [-0.3, -0.25) is 24.2 Å². The van der Waals surface area contributed by atoms with Crippen molar-refractivity contribution < 1.29 is 14.4 Å². The quantitative estimate of drug-likeness (QED) is 0.350. The third kappa shape index (κ3) is 5.85. The molecule has 3 aromatic rings. The van der Waals surface area contributed by atoms with Crippen LogP contribution >= 0.6 is 23.4 Å². The molecule has 6 nitrogen and oxygen atoms in total. The lowest BCUT2D eigenvalue weighted by Gasteiger charge is -2.38. The number of imide groups is 1. The van der Waals surface area contributed by atoms with Crippen LogP contribution in [0.4, 0.5) is 4.79 Å². The first-order valence-corrected chi connectivity index (χ1v) is 13.8. The van der Waals surface area contributed by atoms with E-state index in [1.54, 1.807) is 36.4 Å². The van der Waals surface area contributed by atoms with Crippen LogP contribution in [0.2, 0.25) is 5.02 Å². The Hall–Kier alpha value is -3.39. The van der Waals surface area contributed by atoms with Gasteiger partial charge in [-0.05, 0) is 65.7 Å². The molecule has 0 aromatic heterocycles. The molecule has 0 spiro atoms. The second-order valence-corrected chi connectivity index (χ2v) is 10.9. The Labute approximate surface area is 231 Å². The van der Waals surface area contributed by atoms with Crippen molar-refractivity contribution in [2.45, 2.75) is 19.5 Å². The first-order chi connectivity index (χ1) is 18.4. The monoisotopic (exact) mass is 545 g/mol. The van der Waals surface area contributed by atoms with E-state index in [-0.39, 0.29) is 23.6 Å². The minimum absolute atomic E-state index is 0.0266. The molecule has 0 saturated carbocycles. The van der Waals surface area contributed by atoms with Crippen LogP contribution in [-0.2, 0) is 11.3 Å². The lowest BCUT2D eigenvalue weighted by atomic mass is 10.1. The van der Waals surface area contributed by atoms with Crippen LogP contribution < -0.4 is 0 Å². The molecule has 38 heavy (non-hydrogen) atoms. The standard InChI is InChI=1S/C30H28ClN3O3S/c1-21(24-9-3-2-4-10-24)32-13-15-33(16-14-32)28(35)25-11-5-7-22(17-25)19-27-29(36)34(30(37)38-27)20-23-8-6-12-26(31)18-23/h2-12,17-19,21H,13-16,20H2,1H3. The molecule has 8 heteroatoms. The fourth-order valence-corrected chi connectivity index (χ4v) is 5.86. The van der Waals surface area contributed by atoms with Crippen LogP contribution in [0.3, 0.4) is 0 Å². The van der Waals surface area contributed by atoms with E-state index in [0.717, 1.165) is 30.4 Å². The molecule has 0 bridgehead atoms. The molecule has 0 aliphatic carbocycles. The van der Waals surface area contributed by atoms with E-state index in [1.807, 2.05) is 29.2 Å². The summed E-state index contributed by atoms with van der Waals surface area (Å²) in [6.45, 7) is 5.29. The third-order valence-electron chi connectivity index (χ3n) is 6.97. The van der Waals surface area contributed by atoms with E-state index < -0.39 is 0 Å². The number of nitrogens with zero attached hydrogens (tertiary/aromatic N) is 3. The Morgan fingerprint density at radius 3 is 2.42 bits per heavy atom. The smallest absolute Gasteiger partial charge is 0.293 e. The Morgan fingerprint density at radius 2 is 1.68 bits per heavy atom. The van der Waals surface area contributed by atoms with Crippen LogP contribution in [0.25, 0.3) is 6.08 Å². The lowest BCUT2D eigenvalue weighted by molar-refractivity contribution is -0.123. The number of amides is 3. The van der Waals surface area contributed by atoms with E-state index in [0.29, 0.717) is 40.2 Å². The molecule has 2 saturated heterocycles. The Kier molecular flexibility index (Phi) is 7.98. The van der Waals surface area contributed by atoms with Crippen LogP contribution in [0, 0.1) is 0 Å².